The van der Waals surface area contributed by atoms with Gasteiger partial charge >= 0.3 is 0 Å². The molecular formula is C15H25N3O2S. The predicted molar refractivity (Wildman–Crippen MR) is 85.2 cm³/mol. The first-order valence-electron chi connectivity index (χ1n) is 7.45. The standard InChI is InChI=1S/C15H25N3O2S/c1-18-9-3-2-4-15(18)11-17-21(19,20)12-14-7-5-13(10-16)6-8-14/h5-8,15,17H,2-4,9-12,16H2,1H3. The molecule has 21 heavy (non-hydrogen) atoms. The van der Waals surface area contributed by atoms with E-state index in [0.29, 0.717) is 19.1 Å². The van der Waals surface area contributed by atoms with Gasteiger partial charge in [0.15, 0.2) is 0 Å². The van der Waals surface area contributed by atoms with Crippen LogP contribution >= 0.6 is 0 Å². The molecule has 5 nitrogen and oxygen atoms in total. The fourth-order valence-electron chi connectivity index (χ4n) is 2.67. The molecule has 0 spiro atoms. The minimum absolute atomic E-state index is 0.0221. The number of likely N-dealkylation sites (tertiary alicyclic amines) is 1. The van der Waals surface area contributed by atoms with E-state index in [2.05, 4.69) is 16.7 Å². The first-order valence-corrected chi connectivity index (χ1v) is 9.11. The lowest BCUT2D eigenvalue weighted by atomic mass is 10.0. The van der Waals surface area contributed by atoms with E-state index in [1.165, 1.54) is 12.8 Å². The topological polar surface area (TPSA) is 75.4 Å². The molecule has 1 heterocycles. The molecule has 118 valence electrons. The van der Waals surface area contributed by atoms with E-state index >= 15 is 0 Å². The maximum absolute atomic E-state index is 12.1. The molecule has 1 aliphatic heterocycles. The van der Waals surface area contributed by atoms with Crippen molar-refractivity contribution in [1.82, 2.24) is 9.62 Å². The van der Waals surface area contributed by atoms with Crippen molar-refractivity contribution in [3.63, 3.8) is 0 Å². The molecule has 1 fully saturated rings. The number of nitrogens with one attached hydrogen (secondary N) is 1. The Labute approximate surface area is 127 Å². The summed E-state index contributed by atoms with van der Waals surface area (Å²) in [6.45, 7) is 2.02. The van der Waals surface area contributed by atoms with E-state index in [1.54, 1.807) is 0 Å². The highest BCUT2D eigenvalue weighted by Gasteiger charge is 2.21. The fraction of sp³-hybridized carbons (Fsp3) is 0.600. The van der Waals surface area contributed by atoms with Gasteiger partial charge in [-0.1, -0.05) is 30.7 Å². The Hall–Kier alpha value is -0.950. The lowest BCUT2D eigenvalue weighted by Gasteiger charge is -2.32. The molecule has 0 aliphatic carbocycles. The van der Waals surface area contributed by atoms with Crippen molar-refractivity contribution in [2.24, 2.45) is 5.73 Å². The number of sulfonamides is 1. The van der Waals surface area contributed by atoms with Crippen molar-refractivity contribution in [2.45, 2.75) is 37.6 Å². The van der Waals surface area contributed by atoms with Gasteiger partial charge in [0, 0.05) is 19.1 Å². The highest BCUT2D eigenvalue weighted by atomic mass is 32.2. The van der Waals surface area contributed by atoms with Gasteiger partial charge < -0.3 is 10.6 Å². The Morgan fingerprint density at radius 2 is 1.90 bits per heavy atom. The van der Waals surface area contributed by atoms with Crippen LogP contribution in [0.15, 0.2) is 24.3 Å². The highest BCUT2D eigenvalue weighted by molar-refractivity contribution is 7.88. The van der Waals surface area contributed by atoms with Crippen molar-refractivity contribution in [3.05, 3.63) is 35.4 Å². The van der Waals surface area contributed by atoms with Gasteiger partial charge in [0.2, 0.25) is 10.0 Å². The molecule has 1 atom stereocenters. The SMILES string of the molecule is CN1CCCCC1CNS(=O)(=O)Cc1ccc(CN)cc1. The third-order valence-electron chi connectivity index (χ3n) is 4.08. The summed E-state index contributed by atoms with van der Waals surface area (Å²) in [5.74, 6) is 0.0221. The van der Waals surface area contributed by atoms with Gasteiger partial charge in [-0.25, -0.2) is 13.1 Å². The first-order chi connectivity index (χ1) is 10.00. The second-order valence-corrected chi connectivity index (χ2v) is 7.57. The summed E-state index contributed by atoms with van der Waals surface area (Å²) in [6.07, 6.45) is 3.44. The average molecular weight is 311 g/mol. The average Bonchev–Trinajstić information content (AvgIpc) is 2.47. The van der Waals surface area contributed by atoms with Gasteiger partial charge in [0.1, 0.15) is 0 Å². The van der Waals surface area contributed by atoms with Gasteiger partial charge in [-0.05, 0) is 37.6 Å². The van der Waals surface area contributed by atoms with Gasteiger partial charge in [-0.2, -0.15) is 0 Å². The van der Waals surface area contributed by atoms with Crippen LogP contribution in [0.2, 0.25) is 0 Å². The lowest BCUT2D eigenvalue weighted by molar-refractivity contribution is 0.187. The lowest BCUT2D eigenvalue weighted by Crippen LogP contribution is -2.44. The highest BCUT2D eigenvalue weighted by Crippen LogP contribution is 2.14. The van der Waals surface area contributed by atoms with Gasteiger partial charge in [-0.3, -0.25) is 0 Å². The summed E-state index contributed by atoms with van der Waals surface area (Å²) in [5.41, 5.74) is 7.33. The molecular weight excluding hydrogens is 286 g/mol. The Kier molecular flexibility index (Phi) is 5.75. The number of rotatable bonds is 6. The molecule has 1 aromatic carbocycles. The molecule has 0 radical (unpaired) electrons. The van der Waals surface area contributed by atoms with E-state index in [9.17, 15) is 8.42 Å². The third-order valence-corrected chi connectivity index (χ3v) is 5.40. The number of likely N-dealkylation sites (N-methyl/N-ethyl adjacent to an activating group) is 1. The van der Waals surface area contributed by atoms with Crippen LogP contribution in [0.1, 0.15) is 30.4 Å². The molecule has 2 rings (SSSR count). The largest absolute Gasteiger partial charge is 0.326 e. The smallest absolute Gasteiger partial charge is 0.215 e. The number of piperidine rings is 1. The maximum atomic E-state index is 12.1. The second kappa shape index (κ2) is 7.35. The molecule has 6 heteroatoms. The van der Waals surface area contributed by atoms with Crippen LogP contribution in [0.25, 0.3) is 0 Å². The minimum atomic E-state index is -3.28. The zero-order chi connectivity index (χ0) is 15.3. The summed E-state index contributed by atoms with van der Waals surface area (Å²) in [5, 5.41) is 0. The second-order valence-electron chi connectivity index (χ2n) is 5.76. The monoisotopic (exact) mass is 311 g/mol. The number of hydrogen-bond acceptors (Lipinski definition) is 4. The van der Waals surface area contributed by atoms with Crippen LogP contribution < -0.4 is 10.5 Å². The summed E-state index contributed by atoms with van der Waals surface area (Å²) >= 11 is 0. The van der Waals surface area contributed by atoms with E-state index in [4.69, 9.17) is 5.73 Å². The molecule has 1 aromatic rings. The van der Waals surface area contributed by atoms with Crippen molar-refractivity contribution in [2.75, 3.05) is 20.1 Å². The molecule has 1 saturated heterocycles. The van der Waals surface area contributed by atoms with Crippen molar-refractivity contribution in [3.8, 4) is 0 Å². The zero-order valence-electron chi connectivity index (χ0n) is 12.6. The normalized spacial score (nSPS) is 20.6. The minimum Gasteiger partial charge on any atom is -0.326 e. The molecule has 0 amide bonds. The molecule has 3 N–H and O–H groups in total. The Balaban J connectivity index is 1.88. The van der Waals surface area contributed by atoms with Crippen molar-refractivity contribution >= 4 is 10.0 Å². The quantitative estimate of drug-likeness (QED) is 0.823. The summed E-state index contributed by atoms with van der Waals surface area (Å²) in [6, 6.07) is 7.72. The van der Waals surface area contributed by atoms with E-state index in [0.717, 1.165) is 24.1 Å². The number of nitrogens with two attached hydrogens (primary N) is 1. The zero-order valence-corrected chi connectivity index (χ0v) is 13.4. The maximum Gasteiger partial charge on any atom is 0.215 e. The number of benzene rings is 1. The van der Waals surface area contributed by atoms with Crippen molar-refractivity contribution in [1.29, 1.82) is 0 Å². The van der Waals surface area contributed by atoms with Crippen LogP contribution in [-0.2, 0) is 22.3 Å². The van der Waals surface area contributed by atoms with Gasteiger partial charge in [0.05, 0.1) is 5.75 Å². The van der Waals surface area contributed by atoms with E-state index < -0.39 is 10.0 Å². The van der Waals surface area contributed by atoms with Crippen molar-refractivity contribution < 1.29 is 8.42 Å². The Morgan fingerprint density at radius 1 is 1.24 bits per heavy atom. The summed E-state index contributed by atoms with van der Waals surface area (Å²) in [7, 11) is -1.23. The first kappa shape index (κ1) is 16.4. The van der Waals surface area contributed by atoms with Gasteiger partial charge in [0.25, 0.3) is 0 Å². The molecule has 1 unspecified atom stereocenters. The van der Waals surface area contributed by atoms with Crippen LogP contribution in [0, 0.1) is 0 Å². The number of nitrogens with zero attached hydrogens (tertiary/aromatic N) is 1. The Morgan fingerprint density at radius 3 is 2.52 bits per heavy atom. The summed E-state index contributed by atoms with van der Waals surface area (Å²) < 4.78 is 27.0. The van der Waals surface area contributed by atoms with E-state index in [1.807, 2.05) is 24.3 Å². The third kappa shape index (κ3) is 5.07. The fourth-order valence-corrected chi connectivity index (χ4v) is 3.85. The molecule has 0 saturated carbocycles. The van der Waals surface area contributed by atoms with Crippen LogP contribution in [0.3, 0.4) is 0 Å². The van der Waals surface area contributed by atoms with E-state index in [-0.39, 0.29) is 5.75 Å². The molecule has 0 bridgehead atoms. The van der Waals surface area contributed by atoms with Crippen LogP contribution in [0.4, 0.5) is 0 Å². The van der Waals surface area contributed by atoms with Gasteiger partial charge in [-0.15, -0.1) is 0 Å². The summed E-state index contributed by atoms with van der Waals surface area (Å²) in [4.78, 5) is 2.24. The Bertz CT molecular complexity index is 543. The van der Waals surface area contributed by atoms with Crippen LogP contribution in [0.5, 0.6) is 0 Å². The molecule has 0 aromatic heterocycles. The predicted octanol–water partition coefficient (Wildman–Crippen LogP) is 1.05. The number of hydrogen-bond donors (Lipinski definition) is 2. The molecule has 1 aliphatic rings. The van der Waals surface area contributed by atoms with Crippen LogP contribution in [-0.4, -0.2) is 39.5 Å².